The second-order valence-electron chi connectivity index (χ2n) is 7.91. The van der Waals surface area contributed by atoms with E-state index in [0.717, 1.165) is 26.2 Å². The fraction of sp³-hybridized carbons (Fsp3) is 0.348. The molecule has 2 fully saturated rings. The van der Waals surface area contributed by atoms with Crippen LogP contribution in [0.2, 0.25) is 0 Å². The molecule has 2 aliphatic heterocycles. The maximum absolute atomic E-state index is 4.14. The molecule has 0 saturated carbocycles. The largest absolute Gasteiger partial charge is 0.336 e. The molecule has 5 heteroatoms. The van der Waals surface area contributed by atoms with E-state index in [1.807, 2.05) is 18.7 Å². The van der Waals surface area contributed by atoms with Crippen LogP contribution in [0.25, 0.3) is 11.1 Å². The lowest BCUT2D eigenvalue weighted by molar-refractivity contribution is 0.150. The number of nitrogens with one attached hydrogen (secondary N) is 2. The maximum Gasteiger partial charge on any atom is 0.0946 e. The fourth-order valence-electron chi connectivity index (χ4n) is 4.60. The van der Waals surface area contributed by atoms with Gasteiger partial charge in [-0.05, 0) is 29.7 Å². The Hall–Kier alpha value is -2.47. The molecule has 5 rings (SSSR count). The normalized spacial score (nSPS) is 24.9. The molecule has 2 aliphatic rings. The fourth-order valence-corrected chi connectivity index (χ4v) is 4.60. The Bertz CT molecular complexity index is 875. The van der Waals surface area contributed by atoms with Crippen molar-refractivity contribution in [1.82, 2.24) is 25.3 Å². The summed E-state index contributed by atoms with van der Waals surface area (Å²) in [6, 6.07) is 20.6. The third-order valence-electron chi connectivity index (χ3n) is 6.21. The van der Waals surface area contributed by atoms with Crippen molar-refractivity contribution in [2.75, 3.05) is 19.6 Å². The average molecular weight is 374 g/mol. The summed E-state index contributed by atoms with van der Waals surface area (Å²) in [5.41, 5.74) is 11.0. The summed E-state index contributed by atoms with van der Waals surface area (Å²) in [6.45, 7) is 4.38. The molecule has 28 heavy (non-hydrogen) atoms. The summed E-state index contributed by atoms with van der Waals surface area (Å²) >= 11 is 0. The van der Waals surface area contributed by atoms with Crippen LogP contribution >= 0.6 is 0 Å². The van der Waals surface area contributed by atoms with Crippen LogP contribution in [0.15, 0.2) is 73.3 Å². The number of rotatable bonds is 5. The zero-order chi connectivity index (χ0) is 18.8. The summed E-state index contributed by atoms with van der Waals surface area (Å²) in [5, 5.41) is 0. The van der Waals surface area contributed by atoms with Crippen LogP contribution in [0.1, 0.15) is 18.0 Å². The number of piperidine rings is 1. The molecule has 0 aliphatic carbocycles. The molecule has 5 nitrogen and oxygen atoms in total. The highest BCUT2D eigenvalue weighted by Crippen LogP contribution is 2.34. The highest BCUT2D eigenvalue weighted by molar-refractivity contribution is 5.63. The Kier molecular flexibility index (Phi) is 4.95. The number of nitrogens with zero attached hydrogens (tertiary/aromatic N) is 3. The molecular formula is C23H27N5. The Morgan fingerprint density at radius 2 is 1.75 bits per heavy atom. The molecule has 0 spiro atoms. The monoisotopic (exact) mass is 373 g/mol. The number of hydrazine groups is 1. The maximum atomic E-state index is 4.14. The van der Waals surface area contributed by atoms with E-state index in [0.29, 0.717) is 18.0 Å². The van der Waals surface area contributed by atoms with Gasteiger partial charge in [0.05, 0.1) is 12.4 Å². The van der Waals surface area contributed by atoms with E-state index in [2.05, 4.69) is 79.9 Å². The van der Waals surface area contributed by atoms with Gasteiger partial charge >= 0.3 is 0 Å². The third-order valence-corrected chi connectivity index (χ3v) is 6.21. The van der Waals surface area contributed by atoms with Crippen molar-refractivity contribution in [2.24, 2.45) is 5.92 Å². The van der Waals surface area contributed by atoms with Gasteiger partial charge < -0.3 is 9.47 Å². The highest BCUT2D eigenvalue weighted by Gasteiger charge is 2.40. The van der Waals surface area contributed by atoms with Gasteiger partial charge in [0, 0.05) is 44.0 Å². The van der Waals surface area contributed by atoms with Crippen molar-refractivity contribution in [2.45, 2.75) is 25.0 Å². The number of fused-ring (bicyclic) bond motifs is 1. The van der Waals surface area contributed by atoms with E-state index in [9.17, 15) is 0 Å². The molecule has 0 bridgehead atoms. The predicted molar refractivity (Wildman–Crippen MR) is 111 cm³/mol. The zero-order valence-corrected chi connectivity index (χ0v) is 16.0. The standard InChI is InChI=1S/C23H27N5/c1-2-4-18(5-3-1)19-6-8-20(9-7-19)23-21-16-27(12-10-22(21)25-26-23)14-15-28-13-11-24-17-28/h1-9,11,13,17,21-23,25-26H,10,12,14-16H2. The number of hydrogen-bond donors (Lipinski definition) is 2. The number of imidazole rings is 1. The lowest BCUT2D eigenvalue weighted by Crippen LogP contribution is -2.46. The molecule has 3 heterocycles. The quantitative estimate of drug-likeness (QED) is 0.721. The Morgan fingerprint density at radius 3 is 2.54 bits per heavy atom. The Balaban J connectivity index is 1.26. The molecule has 2 N–H and O–H groups in total. The molecule has 144 valence electrons. The van der Waals surface area contributed by atoms with E-state index >= 15 is 0 Å². The first-order valence-corrected chi connectivity index (χ1v) is 10.2. The van der Waals surface area contributed by atoms with Crippen molar-refractivity contribution in [3.05, 3.63) is 78.9 Å². The van der Waals surface area contributed by atoms with Gasteiger partial charge in [0.15, 0.2) is 0 Å². The number of likely N-dealkylation sites (tertiary alicyclic amines) is 1. The number of aromatic nitrogens is 2. The summed E-state index contributed by atoms with van der Waals surface area (Å²) in [6.07, 6.45) is 7.00. The third kappa shape index (κ3) is 3.61. The van der Waals surface area contributed by atoms with Crippen LogP contribution in [-0.4, -0.2) is 40.1 Å². The van der Waals surface area contributed by atoms with Crippen molar-refractivity contribution < 1.29 is 0 Å². The van der Waals surface area contributed by atoms with Crippen LogP contribution in [0.4, 0.5) is 0 Å². The van der Waals surface area contributed by atoms with Gasteiger partial charge in [-0.15, -0.1) is 0 Å². The molecule has 0 amide bonds. The van der Waals surface area contributed by atoms with Gasteiger partial charge in [0.1, 0.15) is 0 Å². The molecule has 1 aromatic heterocycles. The lowest BCUT2D eigenvalue weighted by atomic mass is 9.84. The summed E-state index contributed by atoms with van der Waals surface area (Å²) < 4.78 is 2.16. The molecular weight excluding hydrogens is 346 g/mol. The Labute approximate surface area is 166 Å². The summed E-state index contributed by atoms with van der Waals surface area (Å²) in [5.74, 6) is 0.596. The van der Waals surface area contributed by atoms with Crippen molar-refractivity contribution in [1.29, 1.82) is 0 Å². The number of hydrogen-bond acceptors (Lipinski definition) is 4. The highest BCUT2D eigenvalue weighted by atomic mass is 15.4. The van der Waals surface area contributed by atoms with Crippen LogP contribution in [-0.2, 0) is 6.54 Å². The molecule has 2 saturated heterocycles. The lowest BCUT2D eigenvalue weighted by Gasteiger charge is -2.36. The smallest absolute Gasteiger partial charge is 0.0946 e. The van der Waals surface area contributed by atoms with Crippen molar-refractivity contribution in [3.63, 3.8) is 0 Å². The minimum absolute atomic E-state index is 0.367. The van der Waals surface area contributed by atoms with E-state index < -0.39 is 0 Å². The van der Waals surface area contributed by atoms with Gasteiger partial charge in [-0.25, -0.2) is 10.4 Å². The second kappa shape index (κ2) is 7.87. The molecule has 3 aromatic rings. The van der Waals surface area contributed by atoms with Crippen LogP contribution in [0.3, 0.4) is 0 Å². The van der Waals surface area contributed by atoms with Gasteiger partial charge in [-0.1, -0.05) is 54.6 Å². The second-order valence-corrected chi connectivity index (χ2v) is 7.91. The predicted octanol–water partition coefficient (Wildman–Crippen LogP) is 3.09. The van der Waals surface area contributed by atoms with Crippen molar-refractivity contribution in [3.8, 4) is 11.1 Å². The van der Waals surface area contributed by atoms with E-state index in [1.54, 1.807) is 0 Å². The van der Waals surface area contributed by atoms with Crippen LogP contribution < -0.4 is 10.9 Å². The van der Waals surface area contributed by atoms with E-state index in [-0.39, 0.29) is 0 Å². The zero-order valence-electron chi connectivity index (χ0n) is 16.0. The minimum atomic E-state index is 0.367. The van der Waals surface area contributed by atoms with Gasteiger partial charge in [0.2, 0.25) is 0 Å². The molecule has 3 unspecified atom stereocenters. The van der Waals surface area contributed by atoms with E-state index in [1.165, 1.54) is 23.1 Å². The van der Waals surface area contributed by atoms with Gasteiger partial charge in [0.25, 0.3) is 0 Å². The Morgan fingerprint density at radius 1 is 0.929 bits per heavy atom. The van der Waals surface area contributed by atoms with Crippen molar-refractivity contribution >= 4 is 0 Å². The topological polar surface area (TPSA) is 45.1 Å². The number of benzene rings is 2. The van der Waals surface area contributed by atoms with Gasteiger partial charge in [-0.2, -0.15) is 0 Å². The van der Waals surface area contributed by atoms with Gasteiger partial charge in [-0.3, -0.25) is 5.43 Å². The van der Waals surface area contributed by atoms with Crippen LogP contribution in [0, 0.1) is 5.92 Å². The van der Waals surface area contributed by atoms with E-state index in [4.69, 9.17) is 0 Å². The van der Waals surface area contributed by atoms with Crippen LogP contribution in [0.5, 0.6) is 0 Å². The first-order valence-electron chi connectivity index (χ1n) is 10.2. The first-order chi connectivity index (χ1) is 13.9. The minimum Gasteiger partial charge on any atom is -0.336 e. The molecule has 3 atom stereocenters. The first kappa shape index (κ1) is 17.6. The summed E-state index contributed by atoms with van der Waals surface area (Å²) in [7, 11) is 0. The average Bonchev–Trinajstić information content (AvgIpc) is 3.43. The molecule has 0 radical (unpaired) electrons. The summed E-state index contributed by atoms with van der Waals surface area (Å²) in [4.78, 5) is 6.74. The SMILES string of the molecule is c1ccc(-c2ccc(C3NNC4CCN(CCn5ccnc5)CC43)cc2)cc1. The molecule has 2 aromatic carbocycles.